The third-order valence-electron chi connectivity index (χ3n) is 5.44. The zero-order chi connectivity index (χ0) is 17.2. The van der Waals surface area contributed by atoms with Crippen molar-refractivity contribution >= 4 is 22.7 Å². The van der Waals surface area contributed by atoms with Gasteiger partial charge in [0.1, 0.15) is 0 Å². The van der Waals surface area contributed by atoms with E-state index in [1.807, 2.05) is 24.3 Å². The molecule has 1 unspecified atom stereocenters. The molecule has 2 aliphatic rings. The van der Waals surface area contributed by atoms with E-state index in [0.29, 0.717) is 0 Å². The molecule has 0 amide bonds. The summed E-state index contributed by atoms with van der Waals surface area (Å²) >= 11 is 0. The van der Waals surface area contributed by atoms with Gasteiger partial charge in [-0.05, 0) is 31.9 Å². The number of aromatic nitrogens is 2. The fraction of sp³-hybridized carbons (Fsp3) is 0.579. The van der Waals surface area contributed by atoms with Gasteiger partial charge in [-0.2, -0.15) is 0 Å². The lowest BCUT2D eigenvalue weighted by Crippen LogP contribution is -2.51. The fourth-order valence-electron chi connectivity index (χ4n) is 3.82. The molecule has 1 aromatic carbocycles. The number of hydrogen-bond donors (Lipinski definition) is 1. The van der Waals surface area contributed by atoms with Crippen LogP contribution < -0.4 is 9.80 Å². The SMILES string of the molecule is CC(CO)N1CCN(c2nc3ccccc3nc2N2CCCC2)CC1. The minimum absolute atomic E-state index is 0.217. The van der Waals surface area contributed by atoms with E-state index in [4.69, 9.17) is 9.97 Å². The van der Waals surface area contributed by atoms with Gasteiger partial charge in [-0.1, -0.05) is 12.1 Å². The number of piperazine rings is 1. The Balaban J connectivity index is 1.64. The van der Waals surface area contributed by atoms with E-state index in [1.54, 1.807) is 0 Å². The fourth-order valence-corrected chi connectivity index (χ4v) is 3.82. The minimum Gasteiger partial charge on any atom is -0.395 e. The lowest BCUT2D eigenvalue weighted by molar-refractivity contribution is 0.128. The van der Waals surface area contributed by atoms with Gasteiger partial charge in [-0.3, -0.25) is 4.90 Å². The Hall–Kier alpha value is -1.92. The van der Waals surface area contributed by atoms with E-state index in [1.165, 1.54) is 12.8 Å². The molecule has 1 aromatic heterocycles. The summed E-state index contributed by atoms with van der Waals surface area (Å²) in [5, 5.41) is 9.39. The molecule has 0 bridgehead atoms. The monoisotopic (exact) mass is 341 g/mol. The molecule has 4 rings (SSSR count). The summed E-state index contributed by atoms with van der Waals surface area (Å²) < 4.78 is 0. The lowest BCUT2D eigenvalue weighted by atomic mass is 10.2. The molecule has 2 aliphatic heterocycles. The number of para-hydroxylation sites is 2. The van der Waals surface area contributed by atoms with E-state index in [-0.39, 0.29) is 12.6 Å². The average Bonchev–Trinajstić information content (AvgIpc) is 3.21. The predicted octanol–water partition coefficient (Wildman–Crippen LogP) is 1.73. The molecule has 134 valence electrons. The number of hydrogen-bond acceptors (Lipinski definition) is 6. The van der Waals surface area contributed by atoms with Gasteiger partial charge >= 0.3 is 0 Å². The Kier molecular flexibility index (Phi) is 4.72. The Morgan fingerprint density at radius 3 is 1.92 bits per heavy atom. The number of benzene rings is 1. The quantitative estimate of drug-likeness (QED) is 0.914. The van der Waals surface area contributed by atoms with Crippen molar-refractivity contribution in [2.24, 2.45) is 0 Å². The van der Waals surface area contributed by atoms with Crippen LogP contribution in [0.4, 0.5) is 11.6 Å². The number of nitrogens with zero attached hydrogens (tertiary/aromatic N) is 5. The summed E-state index contributed by atoms with van der Waals surface area (Å²) in [6.45, 7) is 8.21. The van der Waals surface area contributed by atoms with Crippen LogP contribution >= 0.6 is 0 Å². The first-order valence-electron chi connectivity index (χ1n) is 9.38. The van der Waals surface area contributed by atoms with E-state index in [0.717, 1.165) is 61.9 Å². The van der Waals surface area contributed by atoms with Crippen molar-refractivity contribution in [1.29, 1.82) is 0 Å². The van der Waals surface area contributed by atoms with Crippen LogP contribution in [-0.2, 0) is 0 Å². The summed E-state index contributed by atoms with van der Waals surface area (Å²) in [6, 6.07) is 8.37. The van der Waals surface area contributed by atoms with Gasteiger partial charge in [0.05, 0.1) is 17.6 Å². The van der Waals surface area contributed by atoms with Crippen molar-refractivity contribution in [1.82, 2.24) is 14.9 Å². The van der Waals surface area contributed by atoms with Gasteiger partial charge in [0.2, 0.25) is 0 Å². The highest BCUT2D eigenvalue weighted by Gasteiger charge is 2.27. The molecule has 1 atom stereocenters. The van der Waals surface area contributed by atoms with Crippen LogP contribution in [0, 0.1) is 0 Å². The maximum Gasteiger partial charge on any atom is 0.172 e. The molecule has 2 fully saturated rings. The van der Waals surface area contributed by atoms with E-state index < -0.39 is 0 Å². The summed E-state index contributed by atoms with van der Waals surface area (Å²) in [7, 11) is 0. The third-order valence-corrected chi connectivity index (χ3v) is 5.44. The van der Waals surface area contributed by atoms with Gasteiger partial charge in [0.15, 0.2) is 11.6 Å². The highest BCUT2D eigenvalue weighted by molar-refractivity contribution is 5.81. The number of anilines is 2. The van der Waals surface area contributed by atoms with Crippen LogP contribution in [0.3, 0.4) is 0 Å². The Morgan fingerprint density at radius 1 is 0.880 bits per heavy atom. The van der Waals surface area contributed by atoms with Crippen LogP contribution in [0.25, 0.3) is 11.0 Å². The molecule has 0 aliphatic carbocycles. The Morgan fingerprint density at radius 2 is 1.40 bits per heavy atom. The van der Waals surface area contributed by atoms with Crippen molar-refractivity contribution in [3.63, 3.8) is 0 Å². The molecule has 3 heterocycles. The second-order valence-electron chi connectivity index (χ2n) is 7.11. The zero-order valence-corrected chi connectivity index (χ0v) is 14.9. The molecule has 2 saturated heterocycles. The smallest absolute Gasteiger partial charge is 0.172 e. The molecule has 6 heteroatoms. The van der Waals surface area contributed by atoms with Crippen LogP contribution in [-0.4, -0.2) is 71.9 Å². The van der Waals surface area contributed by atoms with Crippen molar-refractivity contribution in [3.05, 3.63) is 24.3 Å². The summed E-state index contributed by atoms with van der Waals surface area (Å²) in [4.78, 5) is 17.1. The largest absolute Gasteiger partial charge is 0.395 e. The van der Waals surface area contributed by atoms with Gasteiger partial charge in [0, 0.05) is 45.3 Å². The Labute approximate surface area is 149 Å². The number of aliphatic hydroxyl groups is 1. The standard InChI is InChI=1S/C19H27N5O/c1-15(14-25)22-10-12-24(13-11-22)19-18(23-8-4-5-9-23)20-16-6-2-3-7-17(16)21-19/h2-3,6-7,15,25H,4-5,8-14H2,1H3. The van der Waals surface area contributed by atoms with Crippen LogP contribution in [0.2, 0.25) is 0 Å². The van der Waals surface area contributed by atoms with E-state index >= 15 is 0 Å². The molecule has 0 spiro atoms. The maximum atomic E-state index is 9.39. The van der Waals surface area contributed by atoms with Gasteiger partial charge in [-0.15, -0.1) is 0 Å². The predicted molar refractivity (Wildman–Crippen MR) is 101 cm³/mol. The summed E-state index contributed by atoms with van der Waals surface area (Å²) in [5.41, 5.74) is 1.94. The normalized spacial score (nSPS) is 20.4. The van der Waals surface area contributed by atoms with Crippen molar-refractivity contribution < 1.29 is 5.11 Å². The minimum atomic E-state index is 0.217. The highest BCUT2D eigenvalue weighted by Crippen LogP contribution is 2.31. The molecule has 2 aromatic rings. The molecule has 1 N–H and O–H groups in total. The second-order valence-corrected chi connectivity index (χ2v) is 7.11. The lowest BCUT2D eigenvalue weighted by Gasteiger charge is -2.39. The first-order valence-corrected chi connectivity index (χ1v) is 9.38. The second kappa shape index (κ2) is 7.14. The van der Waals surface area contributed by atoms with Crippen LogP contribution in [0.5, 0.6) is 0 Å². The van der Waals surface area contributed by atoms with Crippen LogP contribution in [0.15, 0.2) is 24.3 Å². The molecular formula is C19H27N5O. The molecule has 6 nitrogen and oxygen atoms in total. The summed E-state index contributed by atoms with van der Waals surface area (Å²) in [6.07, 6.45) is 2.46. The van der Waals surface area contributed by atoms with E-state index in [9.17, 15) is 5.11 Å². The number of rotatable bonds is 4. The van der Waals surface area contributed by atoms with Crippen molar-refractivity contribution in [3.8, 4) is 0 Å². The van der Waals surface area contributed by atoms with Gasteiger partial charge in [-0.25, -0.2) is 9.97 Å². The van der Waals surface area contributed by atoms with Crippen molar-refractivity contribution in [2.45, 2.75) is 25.8 Å². The first-order chi connectivity index (χ1) is 12.3. The van der Waals surface area contributed by atoms with Gasteiger partial charge in [0.25, 0.3) is 0 Å². The van der Waals surface area contributed by atoms with Crippen molar-refractivity contribution in [2.75, 3.05) is 55.7 Å². The summed E-state index contributed by atoms with van der Waals surface area (Å²) in [5.74, 6) is 2.07. The number of aliphatic hydroxyl groups excluding tert-OH is 1. The number of fused-ring (bicyclic) bond motifs is 1. The first kappa shape index (κ1) is 16.5. The Bertz CT molecular complexity index is 723. The highest BCUT2D eigenvalue weighted by atomic mass is 16.3. The molecule has 0 radical (unpaired) electrons. The van der Waals surface area contributed by atoms with Crippen LogP contribution in [0.1, 0.15) is 19.8 Å². The van der Waals surface area contributed by atoms with Gasteiger partial charge < -0.3 is 14.9 Å². The average molecular weight is 341 g/mol. The third kappa shape index (κ3) is 3.28. The molecule has 0 saturated carbocycles. The molecular weight excluding hydrogens is 314 g/mol. The topological polar surface area (TPSA) is 55.7 Å². The maximum absolute atomic E-state index is 9.39. The molecule has 25 heavy (non-hydrogen) atoms. The zero-order valence-electron chi connectivity index (χ0n) is 14.9. The van der Waals surface area contributed by atoms with E-state index in [2.05, 4.69) is 21.6 Å².